The number of hydrogen-bond acceptors (Lipinski definition) is 0. The van der Waals surface area contributed by atoms with Crippen LogP contribution in [0, 0.1) is 27.7 Å². The Kier molecular flexibility index (Phi) is 8.06. The monoisotopic (exact) mass is 632 g/mol. The quantitative estimate of drug-likeness (QED) is 0.193. The SMILES string of the molecule is Cc1cc[c]([Zr](=[SiH2])([C]2=CC=CC2)([c]2ccc(C)cc2)[c]2c(C)ccc3c2Cc2cc(C)ccc2-3)cc1.Cl.Cl. The molecule has 0 N–H and O–H groups in total. The molecule has 194 valence electrons. The number of fused-ring (bicyclic) bond motifs is 3. The largest absolute Gasteiger partial charge is 0.147 e. The predicted molar refractivity (Wildman–Crippen MR) is 170 cm³/mol. The molecule has 4 aromatic carbocycles. The molecule has 4 aromatic rings. The van der Waals surface area contributed by atoms with Gasteiger partial charge in [0, 0.05) is 0 Å². The standard InChI is InChI=1S/C15H13.2C7H7.C5H5.2ClH.H2Si.Zr/c1-10-3-5-14-12(7-10)9-13-8-11(2)4-6-15(13)14;2*1-7-5-3-2-4-6-7;1-2-4-5-3-1;;;;/h3-7H,9H2,1-2H3;2*3-6H,1H3;1-3H,4H2;2*1H;1H2;. The average Bonchev–Trinajstić information content (AvgIpc) is 3.53. The van der Waals surface area contributed by atoms with Crippen LogP contribution in [0.15, 0.2) is 100 Å². The summed E-state index contributed by atoms with van der Waals surface area (Å²) in [6.45, 7) is 11.4. The average molecular weight is 635 g/mol. The van der Waals surface area contributed by atoms with Crippen LogP contribution in [0.5, 0.6) is 0 Å². The number of rotatable bonds is 4. The van der Waals surface area contributed by atoms with Crippen LogP contribution in [-0.4, -0.2) is 6.88 Å². The first-order valence-electron chi connectivity index (χ1n) is 13.1. The molecule has 0 radical (unpaired) electrons. The molecule has 0 spiro atoms. The van der Waals surface area contributed by atoms with Crippen LogP contribution in [0.3, 0.4) is 0 Å². The van der Waals surface area contributed by atoms with Crippen LogP contribution < -0.4 is 9.81 Å². The van der Waals surface area contributed by atoms with Crippen LogP contribution in [0.25, 0.3) is 11.1 Å². The molecule has 4 heteroatoms. The van der Waals surface area contributed by atoms with Crippen molar-refractivity contribution in [1.29, 1.82) is 0 Å². The Balaban J connectivity index is 0.00000168. The van der Waals surface area contributed by atoms with Gasteiger partial charge < -0.3 is 0 Å². The van der Waals surface area contributed by atoms with Gasteiger partial charge in [-0.05, 0) is 0 Å². The molecule has 0 aromatic heterocycles. The third-order valence-electron chi connectivity index (χ3n) is 8.85. The number of aryl methyl sites for hydroxylation is 4. The summed E-state index contributed by atoms with van der Waals surface area (Å²) in [6, 6.07) is 31.1. The Morgan fingerprint density at radius 3 is 1.76 bits per heavy atom. The van der Waals surface area contributed by atoms with E-state index in [0.29, 0.717) is 0 Å². The van der Waals surface area contributed by atoms with Crippen molar-refractivity contribution in [3.05, 3.63) is 134 Å². The molecule has 0 amide bonds. The smallest absolute Gasteiger partial charge is 0.147 e. The second-order valence-corrected chi connectivity index (χ2v) is 32.3. The van der Waals surface area contributed by atoms with Crippen LogP contribution >= 0.6 is 24.8 Å². The maximum atomic E-state index is 2.48. The van der Waals surface area contributed by atoms with Crippen molar-refractivity contribution in [3.63, 3.8) is 0 Å². The van der Waals surface area contributed by atoms with Gasteiger partial charge in [-0.25, -0.2) is 0 Å². The zero-order valence-corrected chi connectivity index (χ0v) is 28.2. The van der Waals surface area contributed by atoms with E-state index in [0.717, 1.165) is 12.8 Å². The topological polar surface area (TPSA) is 0 Å². The van der Waals surface area contributed by atoms with Gasteiger partial charge in [-0.2, -0.15) is 0 Å². The van der Waals surface area contributed by atoms with Gasteiger partial charge in [0.2, 0.25) is 0 Å². The fraction of sp³-hybridized carbons (Fsp3) is 0.176. The molecular weight excluding hydrogens is 599 g/mol. The maximum absolute atomic E-state index is 4.30. The summed E-state index contributed by atoms with van der Waals surface area (Å²) in [6.07, 6.45) is 9.23. The molecule has 0 nitrogen and oxygen atoms in total. The van der Waals surface area contributed by atoms with Crippen LogP contribution in [0.2, 0.25) is 0 Å². The van der Waals surface area contributed by atoms with E-state index in [1.54, 1.807) is 18.7 Å². The minimum Gasteiger partial charge on any atom is -0.147 e. The molecular formula is C34H36Cl2SiZr. The Morgan fingerprint density at radius 2 is 1.21 bits per heavy atom. The zero-order chi connectivity index (χ0) is 25.1. The van der Waals surface area contributed by atoms with E-state index in [-0.39, 0.29) is 24.8 Å². The van der Waals surface area contributed by atoms with Crippen LogP contribution in [-0.2, 0) is 23.8 Å². The fourth-order valence-electron chi connectivity index (χ4n) is 6.98. The van der Waals surface area contributed by atoms with E-state index < -0.39 is 17.4 Å². The number of halogens is 2. The second-order valence-electron chi connectivity index (χ2n) is 11.1. The summed E-state index contributed by atoms with van der Waals surface area (Å²) < 4.78 is 6.44. The molecule has 0 aliphatic heterocycles. The first-order chi connectivity index (χ1) is 17.3. The Hall–Kier alpha value is -1.96. The molecule has 0 unspecified atom stereocenters. The Bertz CT molecular complexity index is 1610. The first kappa shape index (κ1) is 29.0. The predicted octanol–water partition coefficient (Wildman–Crippen LogP) is 6.69. The summed E-state index contributed by atoms with van der Waals surface area (Å²) in [7, 11) is 0. The molecule has 0 saturated heterocycles. The number of allylic oxidation sites excluding steroid dienone is 4. The molecule has 38 heavy (non-hydrogen) atoms. The van der Waals surface area contributed by atoms with Gasteiger partial charge in [0.05, 0.1) is 0 Å². The van der Waals surface area contributed by atoms with Gasteiger partial charge in [0.1, 0.15) is 0 Å². The Labute approximate surface area is 242 Å². The van der Waals surface area contributed by atoms with Gasteiger partial charge in [0.15, 0.2) is 0 Å². The minimum absolute atomic E-state index is 0. The third kappa shape index (κ3) is 4.11. The van der Waals surface area contributed by atoms with E-state index in [1.807, 2.05) is 0 Å². The van der Waals surface area contributed by atoms with Gasteiger partial charge in [-0.3, -0.25) is 0 Å². The van der Waals surface area contributed by atoms with E-state index >= 15 is 0 Å². The maximum Gasteiger partial charge on any atom is -0.147 e. The van der Waals surface area contributed by atoms with Crippen molar-refractivity contribution >= 4 is 41.5 Å². The van der Waals surface area contributed by atoms with Gasteiger partial charge >= 0.3 is 220 Å². The molecule has 0 fully saturated rings. The van der Waals surface area contributed by atoms with Crippen molar-refractivity contribution in [2.24, 2.45) is 0 Å². The summed E-state index contributed by atoms with van der Waals surface area (Å²) in [4.78, 5) is 0. The molecule has 0 atom stereocenters. The molecule has 0 bridgehead atoms. The van der Waals surface area contributed by atoms with E-state index in [1.165, 1.54) is 38.9 Å². The van der Waals surface area contributed by atoms with Crippen LogP contribution in [0.4, 0.5) is 0 Å². The van der Waals surface area contributed by atoms with Crippen molar-refractivity contribution < 1.29 is 17.4 Å². The van der Waals surface area contributed by atoms with E-state index in [4.69, 9.17) is 0 Å². The molecule has 2 aliphatic rings. The first-order valence-corrected chi connectivity index (χ1v) is 23.9. The van der Waals surface area contributed by atoms with Crippen molar-refractivity contribution in [2.75, 3.05) is 0 Å². The normalized spacial score (nSPS) is 13.8. The fourth-order valence-corrected chi connectivity index (χ4v) is 30.6. The second kappa shape index (κ2) is 10.5. The van der Waals surface area contributed by atoms with E-state index in [9.17, 15) is 0 Å². The van der Waals surface area contributed by atoms with Gasteiger partial charge in [-0.1, -0.05) is 0 Å². The summed E-state index contributed by atoms with van der Waals surface area (Å²) in [5, 5.41) is 0. The molecule has 0 saturated carbocycles. The summed E-state index contributed by atoms with van der Waals surface area (Å²) >= 11 is -4.30. The van der Waals surface area contributed by atoms with E-state index in [2.05, 4.69) is 132 Å². The summed E-state index contributed by atoms with van der Waals surface area (Å²) in [5.74, 6) is 0. The molecule has 6 rings (SSSR count). The molecule has 2 aliphatic carbocycles. The summed E-state index contributed by atoms with van der Waals surface area (Å²) in [5.41, 5.74) is 11.4. The van der Waals surface area contributed by atoms with Gasteiger partial charge in [0.25, 0.3) is 0 Å². The van der Waals surface area contributed by atoms with Crippen molar-refractivity contribution in [2.45, 2.75) is 40.5 Å². The molecule has 0 heterocycles. The number of hydrogen-bond donors (Lipinski definition) is 0. The van der Waals surface area contributed by atoms with Crippen molar-refractivity contribution in [3.8, 4) is 11.1 Å². The van der Waals surface area contributed by atoms with Crippen molar-refractivity contribution in [1.82, 2.24) is 0 Å². The number of benzene rings is 4. The Morgan fingerprint density at radius 1 is 0.658 bits per heavy atom. The zero-order valence-electron chi connectivity index (χ0n) is 22.7. The van der Waals surface area contributed by atoms with Gasteiger partial charge in [-0.15, -0.1) is 24.8 Å². The minimum atomic E-state index is -4.30. The third-order valence-corrected chi connectivity index (χ3v) is 35.2. The van der Waals surface area contributed by atoms with Crippen LogP contribution in [0.1, 0.15) is 39.8 Å².